The molecule has 316 valence electrons. The molecule has 7 rings (SSSR count). The van der Waals surface area contributed by atoms with E-state index in [1.54, 1.807) is 5.57 Å². The lowest BCUT2D eigenvalue weighted by atomic mass is 9.47. The number of hydrogen-bond acceptors (Lipinski definition) is 7. The average Bonchev–Trinajstić information content (AvgIpc) is 3.40. The van der Waals surface area contributed by atoms with Crippen molar-refractivity contribution >= 4 is 11.9 Å². The van der Waals surface area contributed by atoms with Crippen LogP contribution < -0.4 is 0 Å². The fourth-order valence-electron chi connectivity index (χ4n) is 13.1. The van der Waals surface area contributed by atoms with E-state index >= 15 is 0 Å². The summed E-state index contributed by atoms with van der Waals surface area (Å²) < 4.78 is 17.7. The van der Waals surface area contributed by atoms with Crippen LogP contribution in [0.2, 0.25) is 0 Å². The highest BCUT2D eigenvalue weighted by Gasteiger charge is 2.59. The van der Waals surface area contributed by atoms with Crippen molar-refractivity contribution in [1.82, 2.24) is 0 Å². The maximum atomic E-state index is 12.1. The van der Waals surface area contributed by atoms with Crippen molar-refractivity contribution in [2.75, 3.05) is 6.61 Å². The van der Waals surface area contributed by atoms with Crippen LogP contribution in [0.4, 0.5) is 0 Å². The van der Waals surface area contributed by atoms with Gasteiger partial charge in [0.1, 0.15) is 6.10 Å². The topological polar surface area (TPSA) is 123 Å². The van der Waals surface area contributed by atoms with E-state index in [0.29, 0.717) is 23.4 Å². The molecule has 2 heterocycles. The standard InChI is InChI=1S/C31H50O4.C15H24O2.H2O2.4H2/c1-20(2)7-6-8-21(3)25-11-12-26-24-10-9-22-19-23(35-29(34)14-13-28(32)33)15-17-30(22,4)27(24)16-18-31(25,26)5;1-9-4-6-13-10(2)8-16-15-14(13)12(9)7-5-11(3)17-15;1-2;;;;/h9,20-21,23-27H,6-8,10-19H2,1-5H3,(H,32,33);7,9-11,13-15H,4-6,8H2,1-3H3;1-2H;4*1H/t21-,23+,24+,25?,26?,27?,30+,31-;9-,10+,11+,13+,14?,15-;;;;;/m11...../s1. The van der Waals surface area contributed by atoms with Crippen molar-refractivity contribution in [2.45, 2.75) is 177 Å². The molecule has 8 heteroatoms. The van der Waals surface area contributed by atoms with Crippen LogP contribution in [0.15, 0.2) is 23.3 Å². The summed E-state index contributed by atoms with van der Waals surface area (Å²) in [5.74, 6) is 6.41. The Bertz CT molecular complexity index is 1340. The number of carbonyl (C=O) groups excluding carboxylic acids is 1. The van der Waals surface area contributed by atoms with Crippen LogP contribution in [0.5, 0.6) is 0 Å². The summed E-state index contributed by atoms with van der Waals surface area (Å²) in [4.78, 5) is 22.9. The molecule has 4 saturated carbocycles. The van der Waals surface area contributed by atoms with Gasteiger partial charge in [-0.25, -0.2) is 0 Å². The molecule has 14 atom stereocenters. The molecule has 4 unspecified atom stereocenters. The van der Waals surface area contributed by atoms with Gasteiger partial charge < -0.3 is 19.3 Å². The molecule has 0 bridgehead atoms. The zero-order valence-corrected chi connectivity index (χ0v) is 35.1. The van der Waals surface area contributed by atoms with Gasteiger partial charge in [-0.15, -0.1) is 0 Å². The van der Waals surface area contributed by atoms with Gasteiger partial charge in [0.25, 0.3) is 0 Å². The van der Waals surface area contributed by atoms with Gasteiger partial charge in [0.15, 0.2) is 6.29 Å². The summed E-state index contributed by atoms with van der Waals surface area (Å²) in [6.45, 7) is 20.1. The van der Waals surface area contributed by atoms with Crippen molar-refractivity contribution in [1.29, 1.82) is 0 Å². The summed E-state index contributed by atoms with van der Waals surface area (Å²) in [6.07, 6.45) is 22.6. The van der Waals surface area contributed by atoms with E-state index in [2.05, 4.69) is 67.5 Å². The Morgan fingerprint density at radius 3 is 2.39 bits per heavy atom. The summed E-state index contributed by atoms with van der Waals surface area (Å²) >= 11 is 0. The number of aliphatic carboxylic acids is 1. The molecule has 5 fully saturated rings. The molecule has 0 radical (unpaired) electrons. The molecular formula is C46H84O8. The first-order chi connectivity index (χ1) is 25.7. The zero-order valence-electron chi connectivity index (χ0n) is 35.1. The summed E-state index contributed by atoms with van der Waals surface area (Å²) in [5, 5.41) is 20.8. The Balaban J connectivity index is 0.000000619. The lowest BCUT2D eigenvalue weighted by molar-refractivity contribution is -0.232. The molecule has 2 aliphatic heterocycles. The van der Waals surface area contributed by atoms with Crippen LogP contribution in [0, 0.1) is 70.0 Å². The van der Waals surface area contributed by atoms with E-state index in [4.69, 9.17) is 29.8 Å². The molecule has 8 nitrogen and oxygen atoms in total. The van der Waals surface area contributed by atoms with Crippen molar-refractivity contribution in [3.8, 4) is 0 Å². The number of carboxylic acids is 1. The zero-order chi connectivity index (χ0) is 39.4. The number of fused-ring (bicyclic) bond motifs is 5. The van der Waals surface area contributed by atoms with Gasteiger partial charge in [-0.1, -0.05) is 91.0 Å². The van der Waals surface area contributed by atoms with Crippen molar-refractivity contribution < 1.29 is 45.1 Å². The number of rotatable bonds is 9. The Morgan fingerprint density at radius 1 is 0.907 bits per heavy atom. The van der Waals surface area contributed by atoms with Crippen LogP contribution in [0.25, 0.3) is 0 Å². The molecule has 0 spiro atoms. The molecule has 0 aromatic rings. The molecular weight excluding hydrogens is 680 g/mol. The highest BCUT2D eigenvalue weighted by molar-refractivity contribution is 5.76. The fraction of sp³-hybridized carbons (Fsp3) is 0.870. The summed E-state index contributed by atoms with van der Waals surface area (Å²) in [6, 6.07) is 0. The lowest BCUT2D eigenvalue weighted by Crippen LogP contribution is -2.51. The number of hydrogen-bond donors (Lipinski definition) is 3. The van der Waals surface area contributed by atoms with E-state index in [9.17, 15) is 9.59 Å². The van der Waals surface area contributed by atoms with Crippen LogP contribution in [-0.4, -0.2) is 52.7 Å². The van der Waals surface area contributed by atoms with Gasteiger partial charge in [-0.3, -0.25) is 20.1 Å². The number of ether oxygens (including phenoxy) is 3. The van der Waals surface area contributed by atoms with E-state index in [-0.39, 0.29) is 42.3 Å². The van der Waals surface area contributed by atoms with E-state index in [1.165, 1.54) is 69.8 Å². The van der Waals surface area contributed by atoms with Crippen LogP contribution in [-0.2, 0) is 23.8 Å². The monoisotopic (exact) mass is 765 g/mol. The maximum absolute atomic E-state index is 12.1. The SMILES string of the molecule is CC(C)CCC[C@@H](C)C1CCC2[C@@H]3CC=C4C[C@@H](OC(=O)CCC(=O)O)CC[C@]4(C)C3CC[C@@]21C.C[C@@H]1CC[C@@H]2C3C1=CC[C@H](C)O[C@H]3OC[C@@H]2C.OO.[HH].[HH].[HH].[HH]. The van der Waals surface area contributed by atoms with E-state index in [0.717, 1.165) is 79.6 Å². The predicted molar refractivity (Wildman–Crippen MR) is 221 cm³/mol. The largest absolute Gasteiger partial charge is 0.481 e. The van der Waals surface area contributed by atoms with Crippen molar-refractivity contribution in [2.24, 2.45) is 70.0 Å². The first-order valence-electron chi connectivity index (χ1n) is 22.0. The Labute approximate surface area is 333 Å². The second kappa shape index (κ2) is 18.7. The predicted octanol–water partition coefficient (Wildman–Crippen LogP) is 12.2. The number of allylic oxidation sites excluding steroid dienone is 1. The second-order valence-electron chi connectivity index (χ2n) is 19.8. The molecule has 0 aromatic heterocycles. The molecule has 1 saturated heterocycles. The van der Waals surface area contributed by atoms with Gasteiger partial charge in [-0.2, -0.15) is 0 Å². The van der Waals surface area contributed by atoms with Gasteiger partial charge in [0.05, 0.1) is 25.6 Å². The Morgan fingerprint density at radius 2 is 1.67 bits per heavy atom. The third-order valence-electron chi connectivity index (χ3n) is 16.0. The van der Waals surface area contributed by atoms with Crippen molar-refractivity contribution in [3.63, 3.8) is 0 Å². The molecule has 7 aliphatic rings. The van der Waals surface area contributed by atoms with Crippen LogP contribution >= 0.6 is 0 Å². The van der Waals surface area contributed by atoms with Gasteiger partial charge in [0.2, 0.25) is 0 Å². The van der Waals surface area contributed by atoms with Gasteiger partial charge in [-0.05, 0) is 135 Å². The highest BCUT2D eigenvalue weighted by Crippen LogP contribution is 2.67. The van der Waals surface area contributed by atoms with E-state index < -0.39 is 5.97 Å². The summed E-state index contributed by atoms with van der Waals surface area (Å²) in [5.41, 5.74) is 3.90. The Kier molecular flexibility index (Phi) is 15.0. The van der Waals surface area contributed by atoms with Crippen LogP contribution in [0.3, 0.4) is 0 Å². The average molecular weight is 765 g/mol. The van der Waals surface area contributed by atoms with Crippen LogP contribution in [0.1, 0.15) is 164 Å². The maximum Gasteiger partial charge on any atom is 0.306 e. The molecule has 0 amide bonds. The van der Waals surface area contributed by atoms with Gasteiger partial charge in [0, 0.05) is 18.0 Å². The number of carboxylic acid groups (broad SMARTS) is 1. The molecule has 0 aromatic carbocycles. The number of carbonyl (C=O) groups is 2. The lowest BCUT2D eigenvalue weighted by Gasteiger charge is -2.58. The van der Waals surface area contributed by atoms with E-state index in [1.807, 2.05) is 0 Å². The quantitative estimate of drug-likeness (QED) is 0.0918. The van der Waals surface area contributed by atoms with Crippen molar-refractivity contribution in [3.05, 3.63) is 23.3 Å². The molecule has 54 heavy (non-hydrogen) atoms. The normalized spacial score (nSPS) is 41.4. The smallest absolute Gasteiger partial charge is 0.306 e. The minimum absolute atomic E-state index is 0. The third-order valence-corrected chi connectivity index (χ3v) is 16.0. The fourth-order valence-corrected chi connectivity index (χ4v) is 13.1. The Hall–Kier alpha value is -1.74. The third kappa shape index (κ3) is 9.34. The second-order valence-corrected chi connectivity index (χ2v) is 19.8. The first kappa shape index (κ1) is 43.4. The highest BCUT2D eigenvalue weighted by atomic mass is 17.0. The first-order valence-corrected chi connectivity index (χ1v) is 22.0. The van der Waals surface area contributed by atoms with Gasteiger partial charge >= 0.3 is 11.9 Å². The molecule has 5 aliphatic carbocycles. The molecule has 3 N–H and O–H groups in total. The minimum Gasteiger partial charge on any atom is -0.481 e. The number of esters is 1. The summed E-state index contributed by atoms with van der Waals surface area (Å²) in [7, 11) is 0. The minimum atomic E-state index is -0.942.